The van der Waals surface area contributed by atoms with Gasteiger partial charge < -0.3 is 15.8 Å². The number of piperidine rings is 1. The molecule has 0 radical (unpaired) electrons. The van der Waals surface area contributed by atoms with Crippen LogP contribution in [-0.4, -0.2) is 55.6 Å². The number of nitrogens with two attached hydrogens (primary N) is 1. The number of ether oxygens (including phenoxy) is 1. The largest absolute Gasteiger partial charge is 0.467 e. The van der Waals surface area contributed by atoms with Crippen molar-refractivity contribution >= 4 is 11.9 Å². The Labute approximate surface area is 127 Å². The minimum Gasteiger partial charge on any atom is -0.467 e. The fraction of sp³-hybridized carbons (Fsp3) is 0.867. The molecule has 6 heteroatoms. The molecule has 2 atom stereocenters. The first kappa shape index (κ1) is 17.9. The van der Waals surface area contributed by atoms with Gasteiger partial charge in [-0.2, -0.15) is 0 Å². The summed E-state index contributed by atoms with van der Waals surface area (Å²) < 4.78 is 4.76. The minimum absolute atomic E-state index is 0.133. The fourth-order valence-electron chi connectivity index (χ4n) is 2.79. The number of nitrogens with one attached hydrogen (secondary N) is 1. The van der Waals surface area contributed by atoms with Crippen LogP contribution in [0.2, 0.25) is 0 Å². The van der Waals surface area contributed by atoms with E-state index < -0.39 is 6.04 Å². The molecule has 1 aliphatic rings. The Bertz CT molecular complexity index is 347. The van der Waals surface area contributed by atoms with Crippen molar-refractivity contribution in [1.82, 2.24) is 10.2 Å². The predicted octanol–water partition coefficient (Wildman–Crippen LogP) is 0.504. The highest BCUT2D eigenvalue weighted by Crippen LogP contribution is 2.15. The van der Waals surface area contributed by atoms with Crippen molar-refractivity contribution < 1.29 is 14.3 Å². The van der Waals surface area contributed by atoms with Crippen LogP contribution in [0.25, 0.3) is 0 Å². The number of methoxy groups -OCH3 is 1. The van der Waals surface area contributed by atoms with Gasteiger partial charge in [0.2, 0.25) is 5.91 Å². The molecule has 0 saturated carbocycles. The van der Waals surface area contributed by atoms with Crippen LogP contribution in [0.15, 0.2) is 0 Å². The van der Waals surface area contributed by atoms with E-state index in [0.717, 1.165) is 25.8 Å². The number of nitrogens with zero attached hydrogens (tertiary/aromatic N) is 1. The van der Waals surface area contributed by atoms with Crippen molar-refractivity contribution in [3.63, 3.8) is 0 Å². The smallest absolute Gasteiger partial charge is 0.328 e. The van der Waals surface area contributed by atoms with Crippen molar-refractivity contribution in [3.05, 3.63) is 0 Å². The van der Waals surface area contributed by atoms with Gasteiger partial charge in [0.25, 0.3) is 0 Å². The summed E-state index contributed by atoms with van der Waals surface area (Å²) in [6.45, 7) is 5.78. The molecule has 3 N–H and O–H groups in total. The summed E-state index contributed by atoms with van der Waals surface area (Å²) in [6, 6.07) is -0.296. The van der Waals surface area contributed by atoms with Gasteiger partial charge >= 0.3 is 5.97 Å². The summed E-state index contributed by atoms with van der Waals surface area (Å²) in [7, 11) is 1.34. The second-order valence-corrected chi connectivity index (χ2v) is 6.13. The first-order chi connectivity index (χ1) is 9.97. The molecule has 1 heterocycles. The van der Waals surface area contributed by atoms with E-state index in [1.165, 1.54) is 7.11 Å². The number of hydrogen-bond acceptors (Lipinski definition) is 5. The predicted molar refractivity (Wildman–Crippen MR) is 81.7 cm³/mol. The number of rotatable bonds is 7. The maximum absolute atomic E-state index is 12.2. The molecular formula is C15H29N3O3. The molecule has 0 aromatic heterocycles. The lowest BCUT2D eigenvalue weighted by Crippen LogP contribution is -2.51. The fourth-order valence-corrected chi connectivity index (χ4v) is 2.79. The van der Waals surface area contributed by atoms with E-state index in [2.05, 4.69) is 10.2 Å². The summed E-state index contributed by atoms with van der Waals surface area (Å²) in [5.74, 6) is -0.210. The van der Waals surface area contributed by atoms with Gasteiger partial charge in [-0.3, -0.25) is 9.69 Å². The summed E-state index contributed by atoms with van der Waals surface area (Å²) in [5, 5.41) is 2.80. The lowest BCUT2D eigenvalue weighted by atomic mass is 10.0. The van der Waals surface area contributed by atoms with E-state index in [9.17, 15) is 9.59 Å². The summed E-state index contributed by atoms with van der Waals surface area (Å²) >= 11 is 0. The zero-order valence-corrected chi connectivity index (χ0v) is 13.4. The highest BCUT2D eigenvalue weighted by Gasteiger charge is 2.26. The van der Waals surface area contributed by atoms with Crippen LogP contribution in [0.5, 0.6) is 0 Å². The molecule has 122 valence electrons. The molecule has 1 aliphatic heterocycles. The number of carbonyl (C=O) groups excluding carboxylic acids is 2. The number of amides is 1. The van der Waals surface area contributed by atoms with Crippen LogP contribution in [0.3, 0.4) is 0 Å². The van der Waals surface area contributed by atoms with Gasteiger partial charge in [0, 0.05) is 12.6 Å². The maximum Gasteiger partial charge on any atom is 0.328 e. The SMILES string of the molecule is COC(=O)C(CC(C)C)NC(=O)CN1CCCCC1CN. The minimum atomic E-state index is -0.566. The number of esters is 1. The molecule has 6 nitrogen and oxygen atoms in total. The van der Waals surface area contributed by atoms with Crippen molar-refractivity contribution in [1.29, 1.82) is 0 Å². The van der Waals surface area contributed by atoms with E-state index in [1.807, 2.05) is 13.8 Å². The Morgan fingerprint density at radius 1 is 1.38 bits per heavy atom. The summed E-state index contributed by atoms with van der Waals surface area (Å²) in [5.41, 5.74) is 5.76. The van der Waals surface area contributed by atoms with Crippen LogP contribution in [0.1, 0.15) is 39.5 Å². The van der Waals surface area contributed by atoms with Gasteiger partial charge in [-0.15, -0.1) is 0 Å². The first-order valence-corrected chi connectivity index (χ1v) is 7.79. The normalized spacial score (nSPS) is 21.1. The summed E-state index contributed by atoms with van der Waals surface area (Å²) in [4.78, 5) is 26.0. The molecule has 0 aliphatic carbocycles. The Balaban J connectivity index is 2.54. The van der Waals surface area contributed by atoms with Gasteiger partial charge in [0.1, 0.15) is 6.04 Å². The van der Waals surface area contributed by atoms with Crippen LogP contribution in [0, 0.1) is 5.92 Å². The second kappa shape index (κ2) is 9.00. The molecule has 0 aromatic rings. The molecule has 1 amide bonds. The molecule has 0 aromatic carbocycles. The van der Waals surface area contributed by atoms with Crippen molar-refractivity contribution in [2.45, 2.75) is 51.6 Å². The number of hydrogen-bond donors (Lipinski definition) is 2. The third-order valence-corrected chi connectivity index (χ3v) is 3.90. The van der Waals surface area contributed by atoms with Crippen molar-refractivity contribution in [2.24, 2.45) is 11.7 Å². The van der Waals surface area contributed by atoms with E-state index in [1.54, 1.807) is 0 Å². The van der Waals surface area contributed by atoms with Crippen LogP contribution >= 0.6 is 0 Å². The number of likely N-dealkylation sites (tertiary alicyclic amines) is 1. The second-order valence-electron chi connectivity index (χ2n) is 6.13. The molecule has 0 bridgehead atoms. The van der Waals surface area contributed by atoms with Gasteiger partial charge in [-0.05, 0) is 31.7 Å². The maximum atomic E-state index is 12.2. The van der Waals surface area contributed by atoms with E-state index in [-0.39, 0.29) is 17.9 Å². The average molecular weight is 299 g/mol. The molecular weight excluding hydrogens is 270 g/mol. The highest BCUT2D eigenvalue weighted by atomic mass is 16.5. The topological polar surface area (TPSA) is 84.7 Å². The van der Waals surface area contributed by atoms with Gasteiger partial charge in [0.05, 0.1) is 13.7 Å². The Morgan fingerprint density at radius 3 is 2.67 bits per heavy atom. The zero-order valence-electron chi connectivity index (χ0n) is 13.4. The highest BCUT2D eigenvalue weighted by molar-refractivity contribution is 5.85. The van der Waals surface area contributed by atoms with E-state index >= 15 is 0 Å². The Morgan fingerprint density at radius 2 is 2.10 bits per heavy atom. The third kappa shape index (κ3) is 6.01. The lowest BCUT2D eigenvalue weighted by Gasteiger charge is -2.34. The standard InChI is InChI=1S/C15H29N3O3/c1-11(2)8-13(15(20)21-3)17-14(19)10-18-7-5-4-6-12(18)9-16/h11-13H,4-10,16H2,1-3H3,(H,17,19). The van der Waals surface area contributed by atoms with Gasteiger partial charge in [-0.25, -0.2) is 4.79 Å². The van der Waals surface area contributed by atoms with E-state index in [0.29, 0.717) is 25.4 Å². The molecule has 1 rings (SSSR count). The molecule has 21 heavy (non-hydrogen) atoms. The monoisotopic (exact) mass is 299 g/mol. The quantitative estimate of drug-likeness (QED) is 0.669. The number of carbonyl (C=O) groups is 2. The van der Waals surface area contributed by atoms with Crippen LogP contribution in [-0.2, 0) is 14.3 Å². The van der Waals surface area contributed by atoms with Gasteiger partial charge in [-0.1, -0.05) is 20.3 Å². The lowest BCUT2D eigenvalue weighted by molar-refractivity contribution is -0.145. The Hall–Kier alpha value is -1.14. The molecule has 1 fully saturated rings. The molecule has 0 spiro atoms. The van der Waals surface area contributed by atoms with Crippen LogP contribution in [0.4, 0.5) is 0 Å². The summed E-state index contributed by atoms with van der Waals surface area (Å²) in [6.07, 6.45) is 3.88. The molecule has 2 unspecified atom stereocenters. The zero-order chi connectivity index (χ0) is 15.8. The van der Waals surface area contributed by atoms with Crippen molar-refractivity contribution in [3.8, 4) is 0 Å². The average Bonchev–Trinajstić information content (AvgIpc) is 2.45. The Kier molecular flexibility index (Phi) is 7.67. The van der Waals surface area contributed by atoms with Crippen molar-refractivity contribution in [2.75, 3.05) is 26.7 Å². The molecule has 1 saturated heterocycles. The van der Waals surface area contributed by atoms with Crippen LogP contribution < -0.4 is 11.1 Å². The first-order valence-electron chi connectivity index (χ1n) is 7.79. The van der Waals surface area contributed by atoms with Gasteiger partial charge in [0.15, 0.2) is 0 Å². The van der Waals surface area contributed by atoms with E-state index in [4.69, 9.17) is 10.5 Å². The third-order valence-electron chi connectivity index (χ3n) is 3.90.